The van der Waals surface area contributed by atoms with E-state index in [1.165, 1.54) is 12.4 Å². The summed E-state index contributed by atoms with van der Waals surface area (Å²) in [4.78, 5) is 22.2. The number of fused-ring (bicyclic) bond motifs is 1. The van der Waals surface area contributed by atoms with Crippen LogP contribution >= 0.6 is 0 Å². The van der Waals surface area contributed by atoms with Gasteiger partial charge in [0.2, 0.25) is 15.9 Å². The first-order chi connectivity index (χ1) is 11.5. The third-order valence-electron chi connectivity index (χ3n) is 3.87. The Hall–Kier alpha value is -2.32. The van der Waals surface area contributed by atoms with Crippen LogP contribution in [-0.4, -0.2) is 35.7 Å². The average Bonchev–Trinajstić information content (AvgIpc) is 2.99. The molecule has 2 heterocycles. The van der Waals surface area contributed by atoms with Gasteiger partial charge >= 0.3 is 0 Å². The van der Waals surface area contributed by atoms with E-state index in [0.717, 1.165) is 16.8 Å². The van der Waals surface area contributed by atoms with Crippen LogP contribution in [-0.2, 0) is 27.9 Å². The molecule has 0 radical (unpaired) electrons. The lowest BCUT2D eigenvalue weighted by molar-refractivity contribution is -0.131. The van der Waals surface area contributed by atoms with E-state index in [4.69, 9.17) is 0 Å². The molecular weight excluding hydrogens is 328 g/mol. The first-order valence-electron chi connectivity index (χ1n) is 7.57. The summed E-state index contributed by atoms with van der Waals surface area (Å²) in [5, 5.41) is 0. The Morgan fingerprint density at radius 3 is 2.92 bits per heavy atom. The lowest BCUT2D eigenvalue weighted by Gasteiger charge is -2.15. The Morgan fingerprint density at radius 2 is 2.17 bits per heavy atom. The van der Waals surface area contributed by atoms with Crippen LogP contribution in [0.25, 0.3) is 0 Å². The van der Waals surface area contributed by atoms with Crippen molar-refractivity contribution in [1.29, 1.82) is 0 Å². The summed E-state index contributed by atoms with van der Waals surface area (Å²) in [6.07, 6.45) is 3.27. The molecule has 1 aromatic carbocycles. The highest BCUT2D eigenvalue weighted by molar-refractivity contribution is 7.89. The molecule has 0 fully saturated rings. The van der Waals surface area contributed by atoms with Crippen LogP contribution in [0.5, 0.6) is 0 Å². The van der Waals surface area contributed by atoms with Crippen LogP contribution in [0.1, 0.15) is 23.2 Å². The molecule has 126 valence electrons. The molecule has 0 aliphatic carbocycles. The predicted octanol–water partition coefficient (Wildman–Crippen LogP) is 0.996. The number of amides is 1. The molecule has 8 heteroatoms. The summed E-state index contributed by atoms with van der Waals surface area (Å²) in [6.45, 7) is 2.81. The second kappa shape index (κ2) is 6.66. The van der Waals surface area contributed by atoms with Gasteiger partial charge in [0.1, 0.15) is 6.33 Å². The van der Waals surface area contributed by atoms with E-state index in [9.17, 15) is 13.2 Å². The maximum Gasteiger partial charge on any atom is 0.240 e. The fraction of sp³-hybridized carbons (Fsp3) is 0.312. The number of carbonyl (C=O) groups excluding carboxylic acids is 1. The van der Waals surface area contributed by atoms with Gasteiger partial charge in [-0.05, 0) is 24.6 Å². The highest BCUT2D eigenvalue weighted by Gasteiger charge is 2.24. The van der Waals surface area contributed by atoms with Crippen molar-refractivity contribution in [1.82, 2.24) is 19.6 Å². The number of sulfonamides is 1. The average molecular weight is 346 g/mol. The highest BCUT2D eigenvalue weighted by Crippen LogP contribution is 2.19. The number of carbonyl (C=O) groups is 1. The van der Waals surface area contributed by atoms with E-state index in [1.54, 1.807) is 23.2 Å². The van der Waals surface area contributed by atoms with Crippen LogP contribution in [0.3, 0.4) is 0 Å². The molecule has 24 heavy (non-hydrogen) atoms. The number of nitrogens with one attached hydrogen (secondary N) is 1. The number of hydrogen-bond donors (Lipinski definition) is 1. The van der Waals surface area contributed by atoms with Crippen molar-refractivity contribution in [2.45, 2.75) is 31.3 Å². The summed E-state index contributed by atoms with van der Waals surface area (Å²) < 4.78 is 26.9. The zero-order valence-corrected chi connectivity index (χ0v) is 14.1. The van der Waals surface area contributed by atoms with Gasteiger partial charge in [-0.1, -0.05) is 12.1 Å². The molecule has 1 amide bonds. The summed E-state index contributed by atoms with van der Waals surface area (Å²) >= 11 is 0. The zero-order chi connectivity index (χ0) is 17.2. The largest absolute Gasteiger partial charge is 0.332 e. The van der Waals surface area contributed by atoms with Gasteiger partial charge in [0, 0.05) is 31.3 Å². The van der Waals surface area contributed by atoms with Crippen LogP contribution in [0.4, 0.5) is 0 Å². The molecular formula is C16H18N4O3S. The maximum absolute atomic E-state index is 12.2. The second-order valence-electron chi connectivity index (χ2n) is 5.71. The molecule has 0 saturated heterocycles. The van der Waals surface area contributed by atoms with E-state index >= 15 is 0 Å². The number of rotatable bonds is 5. The van der Waals surface area contributed by atoms with Gasteiger partial charge in [-0.15, -0.1) is 0 Å². The lowest BCUT2D eigenvalue weighted by atomic mass is 10.2. The molecule has 0 saturated carbocycles. The van der Waals surface area contributed by atoms with Crippen molar-refractivity contribution in [3.8, 4) is 0 Å². The smallest absolute Gasteiger partial charge is 0.240 e. The van der Waals surface area contributed by atoms with Gasteiger partial charge in [0.15, 0.2) is 0 Å². The van der Waals surface area contributed by atoms with Crippen molar-refractivity contribution in [2.24, 2.45) is 0 Å². The van der Waals surface area contributed by atoms with Crippen molar-refractivity contribution in [3.05, 3.63) is 53.6 Å². The Morgan fingerprint density at radius 1 is 1.33 bits per heavy atom. The minimum atomic E-state index is -3.60. The van der Waals surface area contributed by atoms with Gasteiger partial charge in [-0.2, -0.15) is 0 Å². The maximum atomic E-state index is 12.2. The quantitative estimate of drug-likeness (QED) is 0.872. The van der Waals surface area contributed by atoms with Crippen molar-refractivity contribution < 1.29 is 13.2 Å². The van der Waals surface area contributed by atoms with E-state index in [-0.39, 0.29) is 23.8 Å². The predicted molar refractivity (Wildman–Crippen MR) is 87.3 cm³/mol. The molecule has 0 bridgehead atoms. The van der Waals surface area contributed by atoms with Gasteiger partial charge < -0.3 is 4.90 Å². The number of hydrogen-bond acceptors (Lipinski definition) is 5. The second-order valence-corrected chi connectivity index (χ2v) is 7.48. The third-order valence-corrected chi connectivity index (χ3v) is 5.33. The number of aryl methyl sites for hydroxylation is 1. The van der Waals surface area contributed by atoms with Crippen molar-refractivity contribution in [2.75, 3.05) is 6.54 Å². The van der Waals surface area contributed by atoms with Crippen LogP contribution < -0.4 is 4.72 Å². The van der Waals surface area contributed by atoms with Gasteiger partial charge in [0.05, 0.1) is 17.1 Å². The minimum Gasteiger partial charge on any atom is -0.332 e. The Labute approximate surface area is 140 Å². The first-order valence-corrected chi connectivity index (χ1v) is 9.06. The lowest BCUT2D eigenvalue weighted by Crippen LogP contribution is -2.31. The first kappa shape index (κ1) is 16.5. The molecule has 1 N–H and O–H groups in total. The van der Waals surface area contributed by atoms with E-state index in [1.807, 2.05) is 13.0 Å². The molecule has 1 aromatic heterocycles. The zero-order valence-electron chi connectivity index (χ0n) is 13.3. The normalized spacial score (nSPS) is 13.8. The van der Waals surface area contributed by atoms with E-state index in [2.05, 4.69) is 14.7 Å². The Kier molecular flexibility index (Phi) is 4.59. The molecule has 2 aromatic rings. The molecule has 0 spiro atoms. The minimum absolute atomic E-state index is 0.0631. The van der Waals surface area contributed by atoms with Gasteiger partial charge in [-0.25, -0.2) is 23.1 Å². The topological polar surface area (TPSA) is 92.3 Å². The molecule has 3 rings (SSSR count). The standard InChI is InChI=1S/C16H18N4O3S/c1-12-3-2-4-14(7-12)24(22,23)19-6-5-16(21)20-9-13-8-17-11-18-15(13)10-20/h2-4,7-8,11,19H,5-6,9-10H2,1H3. The molecule has 0 unspecified atom stereocenters. The van der Waals surface area contributed by atoms with Gasteiger partial charge in [-0.3, -0.25) is 4.79 Å². The highest BCUT2D eigenvalue weighted by atomic mass is 32.2. The number of aromatic nitrogens is 2. The fourth-order valence-corrected chi connectivity index (χ4v) is 3.73. The Bertz CT molecular complexity index is 842. The van der Waals surface area contributed by atoms with Crippen molar-refractivity contribution >= 4 is 15.9 Å². The van der Waals surface area contributed by atoms with Crippen LogP contribution in [0.2, 0.25) is 0 Å². The molecule has 1 aliphatic heterocycles. The monoisotopic (exact) mass is 346 g/mol. The van der Waals surface area contributed by atoms with Crippen molar-refractivity contribution in [3.63, 3.8) is 0 Å². The Balaban J connectivity index is 1.54. The number of nitrogens with zero attached hydrogens (tertiary/aromatic N) is 3. The molecule has 1 aliphatic rings. The molecule has 7 nitrogen and oxygen atoms in total. The third kappa shape index (κ3) is 3.60. The van der Waals surface area contributed by atoms with Crippen LogP contribution in [0, 0.1) is 6.92 Å². The van der Waals surface area contributed by atoms with E-state index in [0.29, 0.717) is 13.1 Å². The summed E-state index contributed by atoms with van der Waals surface area (Å²) in [7, 11) is -3.60. The fourth-order valence-electron chi connectivity index (χ4n) is 2.59. The SMILES string of the molecule is Cc1cccc(S(=O)(=O)NCCC(=O)N2Cc3cncnc3C2)c1. The number of benzene rings is 1. The van der Waals surface area contributed by atoms with Gasteiger partial charge in [0.25, 0.3) is 0 Å². The summed E-state index contributed by atoms with van der Waals surface area (Å²) in [5.74, 6) is -0.111. The van der Waals surface area contributed by atoms with E-state index < -0.39 is 10.0 Å². The molecule has 0 atom stereocenters. The summed E-state index contributed by atoms with van der Waals surface area (Å²) in [6, 6.07) is 6.65. The van der Waals surface area contributed by atoms with Crippen LogP contribution in [0.15, 0.2) is 41.7 Å². The summed E-state index contributed by atoms with van der Waals surface area (Å²) in [5.41, 5.74) is 2.65.